The minimum atomic E-state index is -0.620. The van der Waals surface area contributed by atoms with Gasteiger partial charge in [-0.3, -0.25) is 14.4 Å². The molecule has 0 saturated carbocycles. The number of hydrogen-bond acceptors (Lipinski definition) is 3. The van der Waals surface area contributed by atoms with Crippen molar-refractivity contribution < 1.29 is 14.4 Å². The monoisotopic (exact) mass is 435 g/mol. The van der Waals surface area contributed by atoms with Gasteiger partial charge in [-0.25, -0.2) is 0 Å². The highest BCUT2D eigenvalue weighted by atomic mass is 16.2. The first kappa shape index (κ1) is 23.5. The van der Waals surface area contributed by atoms with Gasteiger partial charge in [0.2, 0.25) is 5.91 Å². The number of rotatable bonds is 7. The van der Waals surface area contributed by atoms with Crippen LogP contribution in [0.15, 0.2) is 48.5 Å². The maximum atomic E-state index is 12.9. The highest BCUT2D eigenvalue weighted by Gasteiger charge is 2.34. The molecule has 2 aromatic carbocycles. The molecule has 0 spiro atoms. The molecule has 6 heteroatoms. The average Bonchev–Trinajstić information content (AvgIpc) is 2.81. The Hall–Kier alpha value is -3.15. The number of nitrogens with zero attached hydrogens (tertiary/aromatic N) is 1. The number of hydrogen-bond donors (Lipinski definition) is 2. The zero-order valence-corrected chi connectivity index (χ0v) is 19.2. The van der Waals surface area contributed by atoms with E-state index in [9.17, 15) is 14.4 Å². The summed E-state index contributed by atoms with van der Waals surface area (Å²) in [4.78, 5) is 40.5. The Labute approximate surface area is 190 Å². The van der Waals surface area contributed by atoms with Crippen LogP contribution in [0.3, 0.4) is 0 Å². The van der Waals surface area contributed by atoms with Crippen molar-refractivity contribution in [2.45, 2.75) is 46.1 Å². The lowest BCUT2D eigenvalue weighted by molar-refractivity contribution is -0.124. The van der Waals surface area contributed by atoms with E-state index in [1.807, 2.05) is 68.1 Å². The molecule has 0 aliphatic carbocycles. The van der Waals surface area contributed by atoms with Gasteiger partial charge in [0.1, 0.15) is 6.04 Å². The Balaban J connectivity index is 1.68. The number of benzene rings is 2. The van der Waals surface area contributed by atoms with Crippen LogP contribution >= 0.6 is 0 Å². The van der Waals surface area contributed by atoms with Gasteiger partial charge in [-0.15, -0.1) is 0 Å². The van der Waals surface area contributed by atoms with Crippen molar-refractivity contribution in [2.24, 2.45) is 5.92 Å². The van der Waals surface area contributed by atoms with Crippen LogP contribution in [0.5, 0.6) is 0 Å². The van der Waals surface area contributed by atoms with Gasteiger partial charge >= 0.3 is 0 Å². The van der Waals surface area contributed by atoms with Gasteiger partial charge in [0.15, 0.2) is 0 Å². The molecule has 2 N–H and O–H groups in total. The predicted octanol–water partition coefficient (Wildman–Crippen LogP) is 3.48. The van der Waals surface area contributed by atoms with Gasteiger partial charge in [-0.05, 0) is 62.8 Å². The second-order valence-corrected chi connectivity index (χ2v) is 8.55. The molecule has 0 bridgehead atoms. The van der Waals surface area contributed by atoms with Crippen LogP contribution in [0.1, 0.15) is 58.0 Å². The third-order valence-corrected chi connectivity index (χ3v) is 6.10. The van der Waals surface area contributed by atoms with E-state index in [2.05, 4.69) is 10.6 Å². The molecule has 32 heavy (non-hydrogen) atoms. The van der Waals surface area contributed by atoms with E-state index in [-0.39, 0.29) is 23.6 Å². The van der Waals surface area contributed by atoms with Crippen molar-refractivity contribution in [3.05, 3.63) is 70.8 Å². The van der Waals surface area contributed by atoms with Crippen molar-refractivity contribution in [3.63, 3.8) is 0 Å². The summed E-state index contributed by atoms with van der Waals surface area (Å²) in [5.74, 6) is -0.406. The van der Waals surface area contributed by atoms with Crippen molar-refractivity contribution in [3.8, 4) is 0 Å². The molecule has 1 aliphatic heterocycles. The number of carbonyl (C=O) groups excluding carboxylic acids is 3. The molecule has 1 fully saturated rings. The molecule has 1 heterocycles. The first-order valence-electron chi connectivity index (χ1n) is 11.4. The van der Waals surface area contributed by atoms with E-state index in [1.54, 1.807) is 6.07 Å². The van der Waals surface area contributed by atoms with Gasteiger partial charge < -0.3 is 15.5 Å². The topological polar surface area (TPSA) is 78.5 Å². The van der Waals surface area contributed by atoms with Gasteiger partial charge in [0.05, 0.1) is 0 Å². The lowest BCUT2D eigenvalue weighted by atomic mass is 9.88. The van der Waals surface area contributed by atoms with Crippen molar-refractivity contribution in [1.82, 2.24) is 15.5 Å². The first-order chi connectivity index (χ1) is 15.4. The largest absolute Gasteiger partial charge is 0.354 e. The van der Waals surface area contributed by atoms with Crippen LogP contribution in [-0.4, -0.2) is 48.3 Å². The number of carbonyl (C=O) groups is 3. The number of amides is 3. The lowest BCUT2D eigenvalue weighted by Crippen LogP contribution is -2.54. The predicted molar refractivity (Wildman–Crippen MR) is 126 cm³/mol. The molecule has 0 aromatic heterocycles. The summed E-state index contributed by atoms with van der Waals surface area (Å²) in [5, 5.41) is 5.91. The van der Waals surface area contributed by atoms with Crippen LogP contribution < -0.4 is 10.6 Å². The number of likely N-dealkylation sites (tertiary alicyclic amines) is 1. The molecule has 3 rings (SSSR count). The molecule has 0 radical (unpaired) electrons. The Morgan fingerprint density at radius 3 is 2.28 bits per heavy atom. The molecule has 170 valence electrons. The summed E-state index contributed by atoms with van der Waals surface area (Å²) >= 11 is 0. The molecular formula is C26H33N3O3. The third kappa shape index (κ3) is 5.75. The quantitative estimate of drug-likeness (QED) is 0.699. The molecule has 3 amide bonds. The van der Waals surface area contributed by atoms with Crippen LogP contribution in [0.25, 0.3) is 0 Å². The maximum Gasteiger partial charge on any atom is 0.253 e. The Kier molecular flexibility index (Phi) is 8.03. The standard InChI is InChI=1S/C26H33N3O3/c1-4-15-27-25(31)23(28-24(30)22-8-6-5-7-19(22)3)20-13-16-29(17-14-20)26(32)21-11-9-18(2)10-12-21/h5-12,20,23H,4,13-17H2,1-3H3,(H,27,31)(H,28,30)/t23-/m0/s1. The summed E-state index contributed by atoms with van der Waals surface area (Å²) in [6.07, 6.45) is 2.15. The van der Waals surface area contributed by atoms with Gasteiger partial charge in [-0.1, -0.05) is 42.8 Å². The fourth-order valence-corrected chi connectivity index (χ4v) is 4.12. The van der Waals surface area contributed by atoms with Gasteiger partial charge in [0.25, 0.3) is 11.8 Å². The van der Waals surface area contributed by atoms with Crippen LogP contribution in [0, 0.1) is 19.8 Å². The maximum absolute atomic E-state index is 12.9. The summed E-state index contributed by atoms with van der Waals surface area (Å²) < 4.78 is 0. The Bertz CT molecular complexity index is 947. The Morgan fingerprint density at radius 2 is 1.66 bits per heavy atom. The number of nitrogens with one attached hydrogen (secondary N) is 2. The highest BCUT2D eigenvalue weighted by molar-refractivity contribution is 5.98. The van der Waals surface area contributed by atoms with Crippen LogP contribution in [-0.2, 0) is 4.79 Å². The fraction of sp³-hybridized carbons (Fsp3) is 0.423. The van der Waals surface area contributed by atoms with Crippen molar-refractivity contribution in [2.75, 3.05) is 19.6 Å². The highest BCUT2D eigenvalue weighted by Crippen LogP contribution is 2.23. The summed E-state index contributed by atoms with van der Waals surface area (Å²) in [5.41, 5.74) is 3.24. The number of piperidine rings is 1. The fourth-order valence-electron chi connectivity index (χ4n) is 4.12. The van der Waals surface area contributed by atoms with Crippen LogP contribution in [0.2, 0.25) is 0 Å². The third-order valence-electron chi connectivity index (χ3n) is 6.10. The van der Waals surface area contributed by atoms with E-state index >= 15 is 0 Å². The van der Waals surface area contributed by atoms with Crippen molar-refractivity contribution in [1.29, 1.82) is 0 Å². The van der Waals surface area contributed by atoms with Gasteiger partial charge in [0, 0.05) is 30.8 Å². The minimum Gasteiger partial charge on any atom is -0.354 e. The lowest BCUT2D eigenvalue weighted by Gasteiger charge is -2.36. The zero-order chi connectivity index (χ0) is 23.1. The van der Waals surface area contributed by atoms with Crippen molar-refractivity contribution >= 4 is 17.7 Å². The summed E-state index contributed by atoms with van der Waals surface area (Å²) in [7, 11) is 0. The van der Waals surface area contributed by atoms with Crippen LogP contribution in [0.4, 0.5) is 0 Å². The second-order valence-electron chi connectivity index (χ2n) is 8.55. The number of aryl methyl sites for hydroxylation is 2. The summed E-state index contributed by atoms with van der Waals surface area (Å²) in [6, 6.07) is 14.3. The average molecular weight is 436 g/mol. The summed E-state index contributed by atoms with van der Waals surface area (Å²) in [6.45, 7) is 7.58. The normalized spacial score (nSPS) is 15.2. The molecule has 1 atom stereocenters. The molecule has 1 aliphatic rings. The molecule has 0 unspecified atom stereocenters. The van der Waals surface area contributed by atoms with E-state index < -0.39 is 6.04 Å². The van der Waals surface area contributed by atoms with E-state index in [4.69, 9.17) is 0 Å². The molecule has 1 saturated heterocycles. The van der Waals surface area contributed by atoms with E-state index in [1.165, 1.54) is 0 Å². The van der Waals surface area contributed by atoms with Gasteiger partial charge in [-0.2, -0.15) is 0 Å². The van der Waals surface area contributed by atoms with E-state index in [0.717, 1.165) is 17.5 Å². The molecule has 2 aromatic rings. The minimum absolute atomic E-state index is 0.0133. The Morgan fingerprint density at radius 1 is 1.00 bits per heavy atom. The smallest absolute Gasteiger partial charge is 0.253 e. The second kappa shape index (κ2) is 10.9. The first-order valence-corrected chi connectivity index (χ1v) is 11.4. The molecule has 6 nitrogen and oxygen atoms in total. The van der Waals surface area contributed by atoms with E-state index in [0.29, 0.717) is 43.6 Å². The SMILES string of the molecule is CCCNC(=O)[C@@H](NC(=O)c1ccccc1C)C1CCN(C(=O)c2ccc(C)cc2)CC1. The molecular weight excluding hydrogens is 402 g/mol. The zero-order valence-electron chi connectivity index (χ0n) is 19.2.